The van der Waals surface area contributed by atoms with Crippen LogP contribution >= 0.6 is 11.6 Å². The lowest BCUT2D eigenvalue weighted by Crippen LogP contribution is -2.23. The first-order valence-corrected chi connectivity index (χ1v) is 12.7. The predicted octanol–water partition coefficient (Wildman–Crippen LogP) is 3.12. The molecule has 0 bridgehead atoms. The molecule has 0 amide bonds. The topological polar surface area (TPSA) is 118 Å². The molecule has 1 aromatic carbocycles. The van der Waals surface area contributed by atoms with Crippen LogP contribution in [-0.2, 0) is 16.9 Å². The summed E-state index contributed by atoms with van der Waals surface area (Å²) in [6.07, 6.45) is 3.08. The van der Waals surface area contributed by atoms with Crippen molar-refractivity contribution in [1.29, 1.82) is 0 Å². The molecular weight excluding hydrogens is 490 g/mol. The van der Waals surface area contributed by atoms with Gasteiger partial charge in [0.2, 0.25) is 0 Å². The number of pyridine rings is 2. The van der Waals surface area contributed by atoms with Gasteiger partial charge in [0.1, 0.15) is 17.5 Å². The fourth-order valence-electron chi connectivity index (χ4n) is 3.75. The van der Waals surface area contributed by atoms with E-state index in [1.54, 1.807) is 49.0 Å². The number of fused-ring (bicyclic) bond motifs is 1. The standard InChI is InChI=1S/C23H20ClN7O3S/c1-4-35(33,34)18-9-10-19(31-23(32)30(13-26-31)16-7-5-15(24)6-8-16)28-20(18)22-27-17-11-14(2)12-25-21(17)29(22)3/h5-13H,4H2,1-3H3. The summed E-state index contributed by atoms with van der Waals surface area (Å²) in [4.78, 5) is 26.7. The second-order valence-corrected chi connectivity index (χ2v) is 10.6. The van der Waals surface area contributed by atoms with Crippen LogP contribution in [0.2, 0.25) is 5.02 Å². The lowest BCUT2D eigenvalue weighted by Gasteiger charge is -2.10. The summed E-state index contributed by atoms with van der Waals surface area (Å²) in [5.41, 5.74) is 2.34. The van der Waals surface area contributed by atoms with Crippen LogP contribution < -0.4 is 5.69 Å². The Hall–Kier alpha value is -3.83. The van der Waals surface area contributed by atoms with Crippen molar-refractivity contribution in [1.82, 2.24) is 33.9 Å². The van der Waals surface area contributed by atoms with Crippen LogP contribution in [0.5, 0.6) is 0 Å². The zero-order valence-corrected chi connectivity index (χ0v) is 20.6. The van der Waals surface area contributed by atoms with Crippen molar-refractivity contribution in [3.8, 4) is 23.0 Å². The van der Waals surface area contributed by atoms with E-state index in [1.165, 1.54) is 23.0 Å². The van der Waals surface area contributed by atoms with Gasteiger partial charge in [-0.2, -0.15) is 9.78 Å². The van der Waals surface area contributed by atoms with E-state index in [-0.39, 0.29) is 22.2 Å². The number of aryl methyl sites for hydroxylation is 2. The van der Waals surface area contributed by atoms with Crippen LogP contribution in [-0.4, -0.2) is 48.0 Å². The second kappa shape index (κ2) is 8.43. The molecule has 0 aliphatic rings. The van der Waals surface area contributed by atoms with E-state index in [9.17, 15) is 13.2 Å². The summed E-state index contributed by atoms with van der Waals surface area (Å²) in [5.74, 6) is 0.356. The molecule has 0 spiro atoms. The molecule has 5 aromatic rings. The minimum Gasteiger partial charge on any atom is -0.310 e. The number of imidazole rings is 1. The van der Waals surface area contributed by atoms with Gasteiger partial charge in [-0.3, -0.25) is 0 Å². The Balaban J connectivity index is 1.72. The highest BCUT2D eigenvalue weighted by molar-refractivity contribution is 7.91. The van der Waals surface area contributed by atoms with Gasteiger partial charge < -0.3 is 4.57 Å². The molecule has 0 atom stereocenters. The fourth-order valence-corrected chi connectivity index (χ4v) is 4.89. The van der Waals surface area contributed by atoms with Gasteiger partial charge in [0.05, 0.1) is 16.3 Å². The molecule has 4 heterocycles. The summed E-state index contributed by atoms with van der Waals surface area (Å²) >= 11 is 5.95. The van der Waals surface area contributed by atoms with Gasteiger partial charge in [-0.05, 0) is 55.0 Å². The van der Waals surface area contributed by atoms with Gasteiger partial charge in [0, 0.05) is 18.3 Å². The number of aromatic nitrogens is 7. The SMILES string of the molecule is CCS(=O)(=O)c1ccc(-n2ncn(-c3ccc(Cl)cc3)c2=O)nc1-c1nc2cc(C)cnc2n1C. The number of hydrogen-bond acceptors (Lipinski definition) is 7. The van der Waals surface area contributed by atoms with Crippen LogP contribution in [0.15, 0.2) is 64.7 Å². The smallest absolute Gasteiger partial charge is 0.310 e. The Kier molecular flexibility index (Phi) is 5.53. The number of sulfone groups is 1. The van der Waals surface area contributed by atoms with E-state index in [0.717, 1.165) is 10.2 Å². The molecule has 0 aliphatic heterocycles. The molecule has 0 radical (unpaired) electrons. The molecule has 4 aromatic heterocycles. The van der Waals surface area contributed by atoms with E-state index >= 15 is 0 Å². The molecule has 178 valence electrons. The Morgan fingerprint density at radius 3 is 2.51 bits per heavy atom. The van der Waals surface area contributed by atoms with Gasteiger partial charge in [0.15, 0.2) is 27.1 Å². The molecule has 0 aliphatic carbocycles. The Morgan fingerprint density at radius 2 is 1.80 bits per heavy atom. The highest BCUT2D eigenvalue weighted by Gasteiger charge is 2.25. The average Bonchev–Trinajstić information content (AvgIpc) is 3.38. The summed E-state index contributed by atoms with van der Waals surface area (Å²) in [7, 11) is -1.91. The first kappa shape index (κ1) is 22.9. The normalized spacial score (nSPS) is 11.9. The van der Waals surface area contributed by atoms with Crippen LogP contribution in [0.4, 0.5) is 0 Å². The van der Waals surface area contributed by atoms with Gasteiger partial charge in [-0.15, -0.1) is 0 Å². The molecule has 35 heavy (non-hydrogen) atoms. The van der Waals surface area contributed by atoms with Crippen molar-refractivity contribution in [2.45, 2.75) is 18.7 Å². The van der Waals surface area contributed by atoms with E-state index in [4.69, 9.17) is 11.6 Å². The summed E-state index contributed by atoms with van der Waals surface area (Å²) < 4.78 is 30.0. The molecule has 5 rings (SSSR count). The Bertz CT molecular complexity index is 1750. The number of rotatable bonds is 5. The third kappa shape index (κ3) is 3.92. The van der Waals surface area contributed by atoms with Crippen molar-refractivity contribution in [2.75, 3.05) is 5.75 Å². The number of nitrogens with zero attached hydrogens (tertiary/aromatic N) is 7. The monoisotopic (exact) mass is 509 g/mol. The maximum absolute atomic E-state index is 13.1. The molecule has 0 N–H and O–H groups in total. The summed E-state index contributed by atoms with van der Waals surface area (Å²) in [6, 6.07) is 11.5. The third-order valence-electron chi connectivity index (χ3n) is 5.61. The van der Waals surface area contributed by atoms with Gasteiger partial charge in [0.25, 0.3) is 0 Å². The van der Waals surface area contributed by atoms with Gasteiger partial charge in [-0.25, -0.2) is 32.7 Å². The zero-order chi connectivity index (χ0) is 24.9. The minimum absolute atomic E-state index is 0.0176. The highest BCUT2D eigenvalue weighted by atomic mass is 35.5. The average molecular weight is 510 g/mol. The van der Waals surface area contributed by atoms with E-state index in [2.05, 4.69) is 20.1 Å². The van der Waals surface area contributed by atoms with Crippen molar-refractivity contribution >= 4 is 32.6 Å². The van der Waals surface area contributed by atoms with E-state index in [1.807, 2.05) is 13.0 Å². The van der Waals surface area contributed by atoms with Gasteiger partial charge >= 0.3 is 5.69 Å². The van der Waals surface area contributed by atoms with E-state index in [0.29, 0.717) is 27.7 Å². The summed E-state index contributed by atoms with van der Waals surface area (Å²) in [6.45, 7) is 3.46. The Morgan fingerprint density at radius 1 is 1.06 bits per heavy atom. The van der Waals surface area contributed by atoms with E-state index < -0.39 is 15.5 Å². The molecule has 0 saturated carbocycles. The van der Waals surface area contributed by atoms with Gasteiger partial charge in [-0.1, -0.05) is 18.5 Å². The zero-order valence-electron chi connectivity index (χ0n) is 19.0. The lowest BCUT2D eigenvalue weighted by atomic mass is 10.3. The van der Waals surface area contributed by atoms with Crippen LogP contribution in [0.3, 0.4) is 0 Å². The second-order valence-electron chi connectivity index (χ2n) is 7.94. The fraction of sp³-hybridized carbons (Fsp3) is 0.174. The third-order valence-corrected chi connectivity index (χ3v) is 7.62. The molecular formula is C23H20ClN7O3S. The maximum Gasteiger partial charge on any atom is 0.356 e. The van der Waals surface area contributed by atoms with Crippen LogP contribution in [0, 0.1) is 6.92 Å². The predicted molar refractivity (Wildman–Crippen MR) is 132 cm³/mol. The Labute approximate surface area is 205 Å². The quantitative estimate of drug-likeness (QED) is 0.357. The molecule has 10 nitrogen and oxygen atoms in total. The van der Waals surface area contributed by atoms with Crippen molar-refractivity contribution in [3.63, 3.8) is 0 Å². The van der Waals surface area contributed by atoms with Crippen LogP contribution in [0.1, 0.15) is 12.5 Å². The number of benzene rings is 1. The molecule has 0 saturated heterocycles. The minimum atomic E-state index is -3.65. The number of halogens is 1. The van der Waals surface area contributed by atoms with Crippen molar-refractivity contribution < 1.29 is 8.42 Å². The molecule has 12 heteroatoms. The molecule has 0 unspecified atom stereocenters. The largest absolute Gasteiger partial charge is 0.356 e. The van der Waals surface area contributed by atoms with Crippen LogP contribution in [0.25, 0.3) is 34.2 Å². The summed E-state index contributed by atoms with van der Waals surface area (Å²) in [5, 5.41) is 4.73. The first-order valence-electron chi connectivity index (χ1n) is 10.7. The van der Waals surface area contributed by atoms with Crippen molar-refractivity contribution in [2.24, 2.45) is 7.05 Å². The lowest BCUT2D eigenvalue weighted by molar-refractivity contribution is 0.597. The maximum atomic E-state index is 13.1. The first-order chi connectivity index (χ1) is 16.7. The number of hydrogen-bond donors (Lipinski definition) is 0. The molecule has 0 fully saturated rings. The highest BCUT2D eigenvalue weighted by Crippen LogP contribution is 2.29. The van der Waals surface area contributed by atoms with Crippen molar-refractivity contribution in [3.05, 3.63) is 76.1 Å².